The molecular formula is C20H22N3O4+. The Labute approximate surface area is 157 Å². The van der Waals surface area contributed by atoms with Gasteiger partial charge in [0.15, 0.2) is 11.9 Å². The topological polar surface area (TPSA) is 91.0 Å². The Morgan fingerprint density at radius 1 is 1.37 bits per heavy atom. The molecule has 1 heterocycles. The first kappa shape index (κ1) is 18.8. The van der Waals surface area contributed by atoms with Crippen molar-refractivity contribution in [2.75, 3.05) is 14.2 Å². The van der Waals surface area contributed by atoms with Crippen LogP contribution in [0.15, 0.2) is 59.6 Å². The van der Waals surface area contributed by atoms with Crippen LogP contribution in [0.4, 0.5) is 5.69 Å². The Bertz CT molecular complexity index is 916. The molecule has 7 heteroatoms. The summed E-state index contributed by atoms with van der Waals surface area (Å²) in [5.41, 5.74) is 7.11. The van der Waals surface area contributed by atoms with Gasteiger partial charge in [-0.3, -0.25) is 9.59 Å². The van der Waals surface area contributed by atoms with E-state index < -0.39 is 11.5 Å². The van der Waals surface area contributed by atoms with Crippen molar-refractivity contribution >= 4 is 23.8 Å². The average Bonchev–Trinajstić information content (AvgIpc) is 2.96. The number of ether oxygens (including phenoxy) is 2. The zero-order valence-corrected chi connectivity index (χ0v) is 15.5. The van der Waals surface area contributed by atoms with Crippen molar-refractivity contribution in [3.8, 4) is 0 Å². The zero-order chi connectivity index (χ0) is 19.7. The molecule has 0 saturated heterocycles. The third-order valence-corrected chi connectivity index (χ3v) is 4.87. The van der Waals surface area contributed by atoms with Gasteiger partial charge in [0, 0.05) is 19.6 Å². The standard InChI is InChI=1S/C20H21N3O4/c1-14-17(27-13-24)12-23(2,22-14)16-9-7-8-15(19(21)25)18(16)20(26-3)10-5-4-6-11-20/h4-10,12-13H,11H2,1-3H3,(H-,21,25)/p+1. The number of benzene rings is 1. The first-order chi connectivity index (χ1) is 12.9. The number of hydrogen-bond acceptors (Lipinski definition) is 5. The van der Waals surface area contributed by atoms with Crippen molar-refractivity contribution in [2.45, 2.75) is 18.9 Å². The number of hydrogen-bond donors (Lipinski definition) is 1. The lowest BCUT2D eigenvalue weighted by Gasteiger charge is -2.35. The third-order valence-electron chi connectivity index (χ3n) is 4.87. The van der Waals surface area contributed by atoms with Crippen LogP contribution in [0.5, 0.6) is 0 Å². The molecule has 1 amide bonds. The molecule has 0 aromatic heterocycles. The van der Waals surface area contributed by atoms with E-state index in [4.69, 9.17) is 15.2 Å². The maximum atomic E-state index is 12.2. The van der Waals surface area contributed by atoms with Crippen molar-refractivity contribution in [3.05, 3.63) is 65.6 Å². The first-order valence-corrected chi connectivity index (χ1v) is 8.47. The molecule has 27 heavy (non-hydrogen) atoms. The van der Waals surface area contributed by atoms with E-state index >= 15 is 0 Å². The lowest BCUT2D eigenvalue weighted by atomic mass is 9.82. The number of nitrogens with zero attached hydrogens (tertiary/aromatic N) is 2. The summed E-state index contributed by atoms with van der Waals surface area (Å²) in [6.07, 6.45) is 9.93. The molecule has 1 aromatic carbocycles. The first-order valence-electron chi connectivity index (χ1n) is 8.47. The van der Waals surface area contributed by atoms with Crippen LogP contribution < -0.4 is 10.3 Å². The predicted octanol–water partition coefficient (Wildman–Crippen LogP) is 2.48. The lowest BCUT2D eigenvalue weighted by molar-refractivity contribution is -0.124. The molecular weight excluding hydrogens is 346 g/mol. The molecule has 140 valence electrons. The van der Waals surface area contributed by atoms with Gasteiger partial charge in [-0.1, -0.05) is 29.4 Å². The van der Waals surface area contributed by atoms with Crippen LogP contribution in [-0.4, -0.2) is 32.2 Å². The minimum absolute atomic E-state index is 0.0336. The van der Waals surface area contributed by atoms with Gasteiger partial charge in [-0.2, -0.15) is 0 Å². The average molecular weight is 368 g/mol. The summed E-state index contributed by atoms with van der Waals surface area (Å²) in [5.74, 6) is -0.181. The molecule has 3 rings (SSSR count). The normalized spacial score (nSPS) is 26.5. The summed E-state index contributed by atoms with van der Waals surface area (Å²) in [6.45, 7) is 2.12. The maximum absolute atomic E-state index is 12.2. The molecule has 2 unspecified atom stereocenters. The predicted molar refractivity (Wildman–Crippen MR) is 103 cm³/mol. The Hall–Kier alpha value is -3.03. The van der Waals surface area contributed by atoms with Gasteiger partial charge < -0.3 is 15.2 Å². The van der Waals surface area contributed by atoms with Gasteiger partial charge in [-0.25, -0.2) is 0 Å². The highest BCUT2D eigenvalue weighted by molar-refractivity contribution is 6.00. The van der Waals surface area contributed by atoms with Crippen LogP contribution in [0.3, 0.4) is 0 Å². The van der Waals surface area contributed by atoms with Crippen molar-refractivity contribution in [1.82, 2.24) is 4.59 Å². The van der Waals surface area contributed by atoms with E-state index in [0.717, 1.165) is 0 Å². The fraction of sp³-hybridized carbons (Fsp3) is 0.250. The SMILES string of the molecule is COC1(c2c(C(N)=O)cccc2[N+]2(C)C=C(OC=O)C(C)=N2)C=CC=CC1. The zero-order valence-electron chi connectivity index (χ0n) is 15.5. The minimum Gasteiger partial charge on any atom is -0.421 e. The molecule has 2 aliphatic rings. The summed E-state index contributed by atoms with van der Waals surface area (Å²) in [4.78, 5) is 23.0. The smallest absolute Gasteiger partial charge is 0.298 e. The van der Waals surface area contributed by atoms with E-state index in [0.29, 0.717) is 41.2 Å². The number of nitrogens with two attached hydrogens (primary N) is 1. The monoisotopic (exact) mass is 368 g/mol. The van der Waals surface area contributed by atoms with E-state index in [2.05, 4.69) is 5.10 Å². The van der Waals surface area contributed by atoms with E-state index in [1.165, 1.54) is 0 Å². The number of carbonyl (C=O) groups is 2. The van der Waals surface area contributed by atoms with Crippen molar-refractivity contribution < 1.29 is 19.1 Å². The van der Waals surface area contributed by atoms with E-state index in [1.807, 2.05) is 37.4 Å². The molecule has 7 nitrogen and oxygen atoms in total. The quantitative estimate of drug-likeness (QED) is 0.617. The molecule has 2 N–H and O–H groups in total. The van der Waals surface area contributed by atoms with E-state index in [1.54, 1.807) is 32.4 Å². The minimum atomic E-state index is -0.859. The van der Waals surface area contributed by atoms with E-state index in [9.17, 15) is 9.59 Å². The number of primary amides is 1. The van der Waals surface area contributed by atoms with E-state index in [-0.39, 0.29) is 4.59 Å². The largest absolute Gasteiger partial charge is 0.421 e. The highest BCUT2D eigenvalue weighted by Gasteiger charge is 2.43. The summed E-state index contributed by atoms with van der Waals surface area (Å²) < 4.78 is 10.9. The maximum Gasteiger partial charge on any atom is 0.298 e. The Kier molecular flexibility index (Phi) is 4.82. The Morgan fingerprint density at radius 2 is 2.15 bits per heavy atom. The van der Waals surface area contributed by atoms with Crippen molar-refractivity contribution in [1.29, 1.82) is 0 Å². The molecule has 0 saturated carbocycles. The van der Waals surface area contributed by atoms with Gasteiger partial charge in [0.1, 0.15) is 18.4 Å². The summed E-state index contributed by atoms with van der Waals surface area (Å²) in [5, 5.41) is 4.64. The second-order valence-electron chi connectivity index (χ2n) is 6.57. The molecule has 1 aliphatic carbocycles. The summed E-state index contributed by atoms with van der Waals surface area (Å²) >= 11 is 0. The van der Waals surface area contributed by atoms with Gasteiger partial charge in [-0.05, 0) is 19.1 Å². The number of methoxy groups -OCH3 is 1. The molecule has 0 spiro atoms. The Morgan fingerprint density at radius 3 is 2.74 bits per heavy atom. The lowest BCUT2D eigenvalue weighted by Crippen LogP contribution is -2.38. The molecule has 0 radical (unpaired) electrons. The number of quaternary nitrogens is 1. The molecule has 1 aliphatic heterocycles. The van der Waals surface area contributed by atoms with Gasteiger partial charge in [0.05, 0.1) is 11.1 Å². The van der Waals surface area contributed by atoms with Gasteiger partial charge in [-0.15, -0.1) is 4.59 Å². The van der Waals surface area contributed by atoms with Crippen LogP contribution in [0.1, 0.15) is 29.3 Å². The van der Waals surface area contributed by atoms with Crippen LogP contribution in [-0.2, 0) is 19.9 Å². The number of amides is 1. The Balaban J connectivity index is 2.28. The van der Waals surface area contributed by atoms with Crippen molar-refractivity contribution in [2.24, 2.45) is 10.8 Å². The summed E-state index contributed by atoms with van der Waals surface area (Å²) in [6, 6.07) is 5.30. The summed E-state index contributed by atoms with van der Waals surface area (Å²) in [7, 11) is 3.43. The number of allylic oxidation sites excluding steroid dienone is 3. The number of carbonyl (C=O) groups excluding carboxylic acids is 2. The molecule has 1 aromatic rings. The fourth-order valence-corrected chi connectivity index (χ4v) is 3.61. The van der Waals surface area contributed by atoms with Gasteiger partial charge >= 0.3 is 0 Å². The molecule has 0 bridgehead atoms. The van der Waals surface area contributed by atoms with Crippen LogP contribution in [0.25, 0.3) is 0 Å². The second kappa shape index (κ2) is 6.94. The van der Waals surface area contributed by atoms with Crippen molar-refractivity contribution in [3.63, 3.8) is 0 Å². The second-order valence-corrected chi connectivity index (χ2v) is 6.57. The van der Waals surface area contributed by atoms with Crippen LogP contribution in [0.2, 0.25) is 0 Å². The molecule has 0 fully saturated rings. The number of rotatable bonds is 6. The fourth-order valence-electron chi connectivity index (χ4n) is 3.61. The molecule has 2 atom stereocenters. The van der Waals surface area contributed by atoms with Gasteiger partial charge in [0.25, 0.3) is 6.47 Å². The van der Waals surface area contributed by atoms with Crippen LogP contribution >= 0.6 is 0 Å². The van der Waals surface area contributed by atoms with Gasteiger partial charge in [0.2, 0.25) is 11.7 Å². The highest BCUT2D eigenvalue weighted by atomic mass is 16.5. The van der Waals surface area contributed by atoms with Crippen LogP contribution in [0, 0.1) is 0 Å². The highest BCUT2D eigenvalue weighted by Crippen LogP contribution is 2.44. The third kappa shape index (κ3) is 3.11.